The minimum absolute atomic E-state index is 0.0726. The molecule has 0 saturated heterocycles. The third kappa shape index (κ3) is 2.91. The number of esters is 1. The molecule has 0 aliphatic carbocycles. The second kappa shape index (κ2) is 5.24. The zero-order chi connectivity index (χ0) is 13.9. The van der Waals surface area contributed by atoms with Crippen molar-refractivity contribution in [3.8, 4) is 5.75 Å². The molecule has 1 rings (SSSR count). The van der Waals surface area contributed by atoms with Crippen molar-refractivity contribution < 1.29 is 31.8 Å². The molecule has 7 heteroatoms. The van der Waals surface area contributed by atoms with Crippen molar-refractivity contribution in [3.05, 3.63) is 29.1 Å². The van der Waals surface area contributed by atoms with Crippen LogP contribution in [0, 0.1) is 5.82 Å². The molecule has 3 nitrogen and oxygen atoms in total. The van der Waals surface area contributed by atoms with Crippen molar-refractivity contribution in [2.45, 2.75) is 13.1 Å². The molecule has 1 aromatic rings. The number of alkyl halides is 3. The van der Waals surface area contributed by atoms with Crippen molar-refractivity contribution in [3.63, 3.8) is 0 Å². The van der Waals surface area contributed by atoms with Gasteiger partial charge in [-0.3, -0.25) is 0 Å². The van der Waals surface area contributed by atoms with Gasteiger partial charge in [-0.05, 0) is 19.1 Å². The van der Waals surface area contributed by atoms with E-state index in [1.165, 1.54) is 6.92 Å². The van der Waals surface area contributed by atoms with Crippen molar-refractivity contribution in [1.82, 2.24) is 0 Å². The molecule has 0 aromatic heterocycles. The third-order valence-electron chi connectivity index (χ3n) is 2.08. The molecule has 0 unspecified atom stereocenters. The van der Waals surface area contributed by atoms with Gasteiger partial charge in [0, 0.05) is 0 Å². The number of methoxy groups -OCH3 is 1. The maximum Gasteiger partial charge on any atom is 0.416 e. The van der Waals surface area contributed by atoms with Gasteiger partial charge < -0.3 is 9.47 Å². The molecule has 0 spiro atoms. The maximum absolute atomic E-state index is 13.6. The molecule has 0 N–H and O–H groups in total. The lowest BCUT2D eigenvalue weighted by Gasteiger charge is -2.12. The van der Waals surface area contributed by atoms with E-state index >= 15 is 0 Å². The minimum Gasteiger partial charge on any atom is -0.494 e. The van der Waals surface area contributed by atoms with Crippen LogP contribution in [-0.4, -0.2) is 19.7 Å². The SMILES string of the molecule is CCOC(=O)c1cc(C(F)(F)F)cc(OC)c1F. The lowest BCUT2D eigenvalue weighted by Crippen LogP contribution is -2.13. The number of hydrogen-bond acceptors (Lipinski definition) is 3. The van der Waals surface area contributed by atoms with E-state index in [2.05, 4.69) is 9.47 Å². The Bertz CT molecular complexity index is 454. The number of carbonyl (C=O) groups is 1. The fourth-order valence-corrected chi connectivity index (χ4v) is 1.27. The van der Waals surface area contributed by atoms with Crippen LogP contribution in [0.5, 0.6) is 5.75 Å². The summed E-state index contributed by atoms with van der Waals surface area (Å²) < 4.78 is 60.2. The summed E-state index contributed by atoms with van der Waals surface area (Å²) in [5.74, 6) is -3.00. The van der Waals surface area contributed by atoms with Crippen LogP contribution in [0.4, 0.5) is 17.6 Å². The molecule has 1 aromatic carbocycles. The molecule has 0 atom stereocenters. The van der Waals surface area contributed by atoms with Crippen LogP contribution in [0.15, 0.2) is 12.1 Å². The number of hydrogen-bond donors (Lipinski definition) is 0. The second-order valence-electron chi connectivity index (χ2n) is 3.26. The predicted molar refractivity (Wildman–Crippen MR) is 53.9 cm³/mol. The van der Waals surface area contributed by atoms with Crippen LogP contribution in [0.3, 0.4) is 0 Å². The normalized spacial score (nSPS) is 11.2. The lowest BCUT2D eigenvalue weighted by atomic mass is 10.1. The summed E-state index contributed by atoms with van der Waals surface area (Å²) >= 11 is 0. The Labute approximate surface area is 100 Å². The molecule has 0 fully saturated rings. The predicted octanol–water partition coefficient (Wildman–Crippen LogP) is 3.03. The summed E-state index contributed by atoms with van der Waals surface area (Å²) in [4.78, 5) is 11.3. The number of ether oxygens (including phenoxy) is 2. The van der Waals surface area contributed by atoms with Gasteiger partial charge in [-0.15, -0.1) is 0 Å². The average molecular weight is 266 g/mol. The summed E-state index contributed by atoms with van der Waals surface area (Å²) in [5.41, 5.74) is -1.98. The van der Waals surface area contributed by atoms with Crippen molar-refractivity contribution >= 4 is 5.97 Å². The van der Waals surface area contributed by atoms with Gasteiger partial charge >= 0.3 is 12.1 Å². The van der Waals surface area contributed by atoms with E-state index in [1.807, 2.05) is 0 Å². The summed E-state index contributed by atoms with van der Waals surface area (Å²) in [6.07, 6.45) is -4.71. The summed E-state index contributed by atoms with van der Waals surface area (Å²) in [5, 5.41) is 0. The molecule has 100 valence electrons. The summed E-state index contributed by atoms with van der Waals surface area (Å²) in [6, 6.07) is 0.883. The molecular weight excluding hydrogens is 256 g/mol. The molecule has 18 heavy (non-hydrogen) atoms. The van der Waals surface area contributed by atoms with Gasteiger partial charge in [0.25, 0.3) is 0 Å². The molecule has 0 saturated carbocycles. The number of benzene rings is 1. The first-order chi connectivity index (χ1) is 8.31. The van der Waals surface area contributed by atoms with E-state index in [0.29, 0.717) is 12.1 Å². The number of halogens is 4. The van der Waals surface area contributed by atoms with Crippen molar-refractivity contribution in [2.24, 2.45) is 0 Å². The monoisotopic (exact) mass is 266 g/mol. The van der Waals surface area contributed by atoms with Gasteiger partial charge in [0.2, 0.25) is 0 Å². The quantitative estimate of drug-likeness (QED) is 0.623. The van der Waals surface area contributed by atoms with Crippen LogP contribution >= 0.6 is 0 Å². The van der Waals surface area contributed by atoms with Crippen LogP contribution < -0.4 is 4.74 Å². The number of carbonyl (C=O) groups excluding carboxylic acids is 1. The molecule has 0 aliphatic heterocycles. The van der Waals surface area contributed by atoms with Crippen molar-refractivity contribution in [2.75, 3.05) is 13.7 Å². The first-order valence-electron chi connectivity index (χ1n) is 4.93. The summed E-state index contributed by atoms with van der Waals surface area (Å²) in [7, 11) is 1.01. The van der Waals surface area contributed by atoms with Gasteiger partial charge in [-0.1, -0.05) is 0 Å². The van der Waals surface area contributed by atoms with Crippen LogP contribution in [0.1, 0.15) is 22.8 Å². The van der Waals surface area contributed by atoms with Crippen LogP contribution in [-0.2, 0) is 10.9 Å². The van der Waals surface area contributed by atoms with E-state index < -0.39 is 34.8 Å². The second-order valence-corrected chi connectivity index (χ2v) is 3.26. The van der Waals surface area contributed by atoms with E-state index in [4.69, 9.17) is 0 Å². The highest BCUT2D eigenvalue weighted by Gasteiger charge is 2.34. The zero-order valence-corrected chi connectivity index (χ0v) is 9.60. The highest BCUT2D eigenvalue weighted by Crippen LogP contribution is 2.34. The van der Waals surface area contributed by atoms with E-state index in [0.717, 1.165) is 7.11 Å². The Balaban J connectivity index is 3.36. The molecule has 0 radical (unpaired) electrons. The minimum atomic E-state index is -4.71. The Morgan fingerprint density at radius 2 is 1.94 bits per heavy atom. The fraction of sp³-hybridized carbons (Fsp3) is 0.364. The van der Waals surface area contributed by atoms with E-state index in [1.54, 1.807) is 0 Å². The topological polar surface area (TPSA) is 35.5 Å². The maximum atomic E-state index is 13.6. The van der Waals surface area contributed by atoms with Gasteiger partial charge in [0.05, 0.1) is 24.8 Å². The lowest BCUT2D eigenvalue weighted by molar-refractivity contribution is -0.137. The highest BCUT2D eigenvalue weighted by atomic mass is 19.4. The molecule has 0 heterocycles. The Morgan fingerprint density at radius 3 is 2.39 bits per heavy atom. The largest absolute Gasteiger partial charge is 0.494 e. The van der Waals surface area contributed by atoms with Crippen LogP contribution in [0.25, 0.3) is 0 Å². The Morgan fingerprint density at radius 1 is 1.33 bits per heavy atom. The van der Waals surface area contributed by atoms with Gasteiger partial charge in [0.15, 0.2) is 11.6 Å². The van der Waals surface area contributed by atoms with Gasteiger partial charge in [-0.25, -0.2) is 9.18 Å². The van der Waals surface area contributed by atoms with Crippen LogP contribution in [0.2, 0.25) is 0 Å². The van der Waals surface area contributed by atoms with Crippen molar-refractivity contribution in [1.29, 1.82) is 0 Å². The third-order valence-corrected chi connectivity index (χ3v) is 2.08. The fourth-order valence-electron chi connectivity index (χ4n) is 1.27. The first kappa shape index (κ1) is 14.3. The average Bonchev–Trinajstić information content (AvgIpc) is 2.28. The Hall–Kier alpha value is -1.79. The molecule has 0 amide bonds. The van der Waals surface area contributed by atoms with E-state index in [-0.39, 0.29) is 6.61 Å². The molecule has 0 aliphatic rings. The summed E-state index contributed by atoms with van der Waals surface area (Å²) in [6.45, 7) is 1.39. The first-order valence-corrected chi connectivity index (χ1v) is 4.93. The molecular formula is C11H10F4O3. The van der Waals surface area contributed by atoms with Gasteiger partial charge in [-0.2, -0.15) is 13.2 Å². The van der Waals surface area contributed by atoms with Gasteiger partial charge in [0.1, 0.15) is 0 Å². The highest BCUT2D eigenvalue weighted by molar-refractivity contribution is 5.90. The number of rotatable bonds is 3. The Kier molecular flexibility index (Phi) is 4.15. The smallest absolute Gasteiger partial charge is 0.416 e. The zero-order valence-electron chi connectivity index (χ0n) is 9.60. The van der Waals surface area contributed by atoms with E-state index in [9.17, 15) is 22.4 Å². The standard InChI is InChI=1S/C11H10F4O3/c1-3-18-10(16)7-4-6(11(13,14)15)5-8(17-2)9(7)12/h4-5H,3H2,1-2H3. The molecule has 0 bridgehead atoms.